The molecule has 0 aromatic heterocycles. The van der Waals surface area contributed by atoms with Gasteiger partial charge in [0.25, 0.3) is 0 Å². The fourth-order valence-corrected chi connectivity index (χ4v) is 2.41. The lowest BCUT2D eigenvalue weighted by molar-refractivity contribution is 0.160. The van der Waals surface area contributed by atoms with E-state index in [1.165, 1.54) is 5.56 Å². The molecule has 0 aliphatic rings. The van der Waals surface area contributed by atoms with Crippen molar-refractivity contribution in [2.45, 2.75) is 32.3 Å². The summed E-state index contributed by atoms with van der Waals surface area (Å²) in [6.07, 6.45) is 2.23. The van der Waals surface area contributed by atoms with Crippen LogP contribution in [0.1, 0.15) is 35.6 Å². The molecule has 2 aromatic rings. The van der Waals surface area contributed by atoms with E-state index in [9.17, 15) is 5.11 Å². The number of aliphatic hydroxyl groups is 1. The van der Waals surface area contributed by atoms with Crippen LogP contribution < -0.4 is 4.74 Å². The molecule has 0 spiro atoms. The van der Waals surface area contributed by atoms with E-state index in [1.807, 2.05) is 31.2 Å². The van der Waals surface area contributed by atoms with Gasteiger partial charge < -0.3 is 9.84 Å². The normalized spacial score (nSPS) is 12.2. The molecule has 106 valence electrons. The average Bonchev–Trinajstić information content (AvgIpc) is 2.48. The van der Waals surface area contributed by atoms with E-state index in [2.05, 4.69) is 24.3 Å². The lowest BCUT2D eigenvalue weighted by Crippen LogP contribution is -2.02. The molecule has 1 unspecified atom stereocenters. The average molecular weight is 270 g/mol. The quantitative estimate of drug-likeness (QED) is 0.857. The molecule has 1 N–H and O–H groups in total. The van der Waals surface area contributed by atoms with Crippen LogP contribution in [0, 0.1) is 6.92 Å². The molecule has 2 nitrogen and oxygen atoms in total. The fraction of sp³-hybridized carbons (Fsp3) is 0.333. The third-order valence-electron chi connectivity index (χ3n) is 3.53. The monoisotopic (exact) mass is 270 g/mol. The van der Waals surface area contributed by atoms with Crippen LogP contribution in [0.25, 0.3) is 0 Å². The molecule has 0 saturated carbocycles. The van der Waals surface area contributed by atoms with Crippen LogP contribution >= 0.6 is 0 Å². The zero-order chi connectivity index (χ0) is 14.4. The van der Waals surface area contributed by atoms with Crippen molar-refractivity contribution in [3.05, 3.63) is 65.2 Å². The molecule has 0 saturated heterocycles. The Kier molecular flexibility index (Phi) is 5.19. The number of hydrogen-bond acceptors (Lipinski definition) is 2. The highest BCUT2D eigenvalue weighted by atomic mass is 16.5. The van der Waals surface area contributed by atoms with Crippen LogP contribution in [0.5, 0.6) is 5.75 Å². The number of hydrogen-bond donors (Lipinski definition) is 1. The minimum absolute atomic E-state index is 0.464. The van der Waals surface area contributed by atoms with E-state index in [0.29, 0.717) is 0 Å². The van der Waals surface area contributed by atoms with Gasteiger partial charge in [-0.2, -0.15) is 0 Å². The first-order valence-electron chi connectivity index (χ1n) is 7.07. The highest BCUT2D eigenvalue weighted by Gasteiger charge is 2.13. The minimum atomic E-state index is -0.464. The topological polar surface area (TPSA) is 29.5 Å². The lowest BCUT2D eigenvalue weighted by atomic mass is 9.99. The molecule has 2 rings (SSSR count). The summed E-state index contributed by atoms with van der Waals surface area (Å²) >= 11 is 0. The van der Waals surface area contributed by atoms with Gasteiger partial charge in [0, 0.05) is 5.56 Å². The van der Waals surface area contributed by atoms with Gasteiger partial charge in [-0.05, 0) is 43.9 Å². The van der Waals surface area contributed by atoms with E-state index in [4.69, 9.17) is 4.74 Å². The first-order chi connectivity index (χ1) is 9.70. The van der Waals surface area contributed by atoms with Crippen LogP contribution in [0.4, 0.5) is 0 Å². The fourth-order valence-electron chi connectivity index (χ4n) is 2.41. The van der Waals surface area contributed by atoms with Crippen LogP contribution in [-0.2, 0) is 6.42 Å². The summed E-state index contributed by atoms with van der Waals surface area (Å²) in [5.41, 5.74) is 3.35. The Hall–Kier alpha value is -1.80. The van der Waals surface area contributed by atoms with E-state index in [0.717, 1.165) is 36.1 Å². The SMILES string of the molecule is COc1ccc(C)cc1C(O)CCCc1ccccc1. The van der Waals surface area contributed by atoms with Gasteiger partial charge in [-0.3, -0.25) is 0 Å². The third kappa shape index (κ3) is 3.84. The van der Waals surface area contributed by atoms with Crippen molar-refractivity contribution in [2.24, 2.45) is 0 Å². The summed E-state index contributed by atoms with van der Waals surface area (Å²) in [7, 11) is 1.64. The second-order valence-electron chi connectivity index (χ2n) is 5.14. The second-order valence-corrected chi connectivity index (χ2v) is 5.14. The van der Waals surface area contributed by atoms with Crippen LogP contribution in [0.15, 0.2) is 48.5 Å². The van der Waals surface area contributed by atoms with Crippen molar-refractivity contribution in [1.29, 1.82) is 0 Å². The highest BCUT2D eigenvalue weighted by molar-refractivity contribution is 5.38. The predicted molar refractivity (Wildman–Crippen MR) is 82.1 cm³/mol. The molecule has 1 atom stereocenters. The number of aliphatic hydroxyl groups excluding tert-OH is 1. The summed E-state index contributed by atoms with van der Waals surface area (Å²) in [6, 6.07) is 16.3. The maximum absolute atomic E-state index is 10.4. The zero-order valence-corrected chi connectivity index (χ0v) is 12.2. The molecule has 0 heterocycles. The Morgan fingerprint density at radius 3 is 2.55 bits per heavy atom. The van der Waals surface area contributed by atoms with Crippen LogP contribution in [0.3, 0.4) is 0 Å². The van der Waals surface area contributed by atoms with Gasteiger partial charge >= 0.3 is 0 Å². The Balaban J connectivity index is 1.95. The number of aryl methyl sites for hydroxylation is 2. The lowest BCUT2D eigenvalue weighted by Gasteiger charge is -2.15. The summed E-state index contributed by atoms with van der Waals surface area (Å²) in [4.78, 5) is 0. The summed E-state index contributed by atoms with van der Waals surface area (Å²) in [5, 5.41) is 10.4. The molecular formula is C18H22O2. The maximum Gasteiger partial charge on any atom is 0.124 e. The molecule has 0 fully saturated rings. The summed E-state index contributed by atoms with van der Waals surface area (Å²) < 4.78 is 5.33. The van der Waals surface area contributed by atoms with E-state index < -0.39 is 6.10 Å². The van der Waals surface area contributed by atoms with Crippen LogP contribution in [-0.4, -0.2) is 12.2 Å². The summed E-state index contributed by atoms with van der Waals surface area (Å²) in [6.45, 7) is 2.03. The van der Waals surface area contributed by atoms with Gasteiger partial charge in [-0.15, -0.1) is 0 Å². The molecule has 20 heavy (non-hydrogen) atoms. The van der Waals surface area contributed by atoms with Crippen molar-refractivity contribution in [3.8, 4) is 5.75 Å². The highest BCUT2D eigenvalue weighted by Crippen LogP contribution is 2.29. The molecular weight excluding hydrogens is 248 g/mol. The molecule has 2 heteroatoms. The van der Waals surface area contributed by atoms with Gasteiger partial charge in [0.1, 0.15) is 5.75 Å². The Morgan fingerprint density at radius 1 is 1.10 bits per heavy atom. The number of methoxy groups -OCH3 is 1. The third-order valence-corrected chi connectivity index (χ3v) is 3.53. The van der Waals surface area contributed by atoms with E-state index in [1.54, 1.807) is 7.11 Å². The largest absolute Gasteiger partial charge is 0.496 e. The maximum atomic E-state index is 10.4. The number of rotatable bonds is 6. The molecule has 0 aliphatic carbocycles. The molecule has 0 radical (unpaired) electrons. The smallest absolute Gasteiger partial charge is 0.124 e. The minimum Gasteiger partial charge on any atom is -0.496 e. The van der Waals surface area contributed by atoms with Gasteiger partial charge in [-0.1, -0.05) is 42.0 Å². The Morgan fingerprint density at radius 2 is 1.85 bits per heavy atom. The van der Waals surface area contributed by atoms with Gasteiger partial charge in [0.2, 0.25) is 0 Å². The van der Waals surface area contributed by atoms with Crippen molar-refractivity contribution < 1.29 is 9.84 Å². The zero-order valence-electron chi connectivity index (χ0n) is 12.2. The van der Waals surface area contributed by atoms with Crippen molar-refractivity contribution in [1.82, 2.24) is 0 Å². The standard InChI is InChI=1S/C18H22O2/c1-14-11-12-18(20-2)16(13-14)17(19)10-6-9-15-7-4-3-5-8-15/h3-5,7-8,11-13,17,19H,6,9-10H2,1-2H3. The van der Waals surface area contributed by atoms with Gasteiger partial charge in [0.15, 0.2) is 0 Å². The Labute approximate surface area is 121 Å². The molecule has 0 aliphatic heterocycles. The van der Waals surface area contributed by atoms with E-state index >= 15 is 0 Å². The van der Waals surface area contributed by atoms with Crippen molar-refractivity contribution in [3.63, 3.8) is 0 Å². The van der Waals surface area contributed by atoms with Crippen LogP contribution in [0.2, 0.25) is 0 Å². The number of benzene rings is 2. The molecule has 0 bridgehead atoms. The van der Waals surface area contributed by atoms with Gasteiger partial charge in [0.05, 0.1) is 13.2 Å². The first-order valence-corrected chi connectivity index (χ1v) is 7.07. The van der Waals surface area contributed by atoms with E-state index in [-0.39, 0.29) is 0 Å². The number of ether oxygens (including phenoxy) is 1. The first kappa shape index (κ1) is 14.6. The van der Waals surface area contributed by atoms with Gasteiger partial charge in [-0.25, -0.2) is 0 Å². The Bertz CT molecular complexity index is 534. The molecule has 0 amide bonds. The van der Waals surface area contributed by atoms with Crippen molar-refractivity contribution in [2.75, 3.05) is 7.11 Å². The summed E-state index contributed by atoms with van der Waals surface area (Å²) in [5.74, 6) is 0.766. The molecule has 2 aromatic carbocycles. The predicted octanol–water partition coefficient (Wildman–Crippen LogP) is 4.06. The van der Waals surface area contributed by atoms with Crippen molar-refractivity contribution >= 4 is 0 Å². The second kappa shape index (κ2) is 7.11.